The van der Waals surface area contributed by atoms with Crippen LogP contribution in [0, 0.1) is 5.41 Å². The second-order valence-corrected chi connectivity index (χ2v) is 7.05. The Kier molecular flexibility index (Phi) is 4.65. The first-order valence-corrected chi connectivity index (χ1v) is 8.60. The van der Waals surface area contributed by atoms with E-state index in [2.05, 4.69) is 20.8 Å². The number of tetrazole rings is 1. The maximum absolute atomic E-state index is 12.5. The Morgan fingerprint density at radius 1 is 1.59 bits per heavy atom. The lowest BCUT2D eigenvalue weighted by Crippen LogP contribution is -2.62. The number of carbonyl (C=O) groups is 1. The third-order valence-electron chi connectivity index (χ3n) is 4.75. The molecule has 2 N–H and O–H groups in total. The number of fused-ring (bicyclic) bond motifs is 1. The van der Waals surface area contributed by atoms with Crippen LogP contribution in [0.4, 0.5) is 0 Å². The molecule has 0 aromatic carbocycles. The molecule has 0 saturated carbocycles. The lowest BCUT2D eigenvalue weighted by Gasteiger charge is -2.50. The van der Waals surface area contributed by atoms with Gasteiger partial charge in [-0.2, -0.15) is 0 Å². The molecule has 2 aliphatic heterocycles. The third-order valence-corrected chi connectivity index (χ3v) is 5.74. The lowest BCUT2D eigenvalue weighted by atomic mass is 9.71. The van der Waals surface area contributed by atoms with Gasteiger partial charge in [0.15, 0.2) is 0 Å². The summed E-state index contributed by atoms with van der Waals surface area (Å²) in [5, 5.41) is 25.2. The van der Waals surface area contributed by atoms with Crippen molar-refractivity contribution in [3.8, 4) is 0 Å². The molecule has 2 atom stereocenters. The molecule has 9 heteroatoms. The number of nitrogens with one attached hydrogen (secondary N) is 1. The van der Waals surface area contributed by atoms with E-state index in [0.717, 1.165) is 32.4 Å². The Morgan fingerprint density at radius 2 is 2.45 bits per heavy atom. The summed E-state index contributed by atoms with van der Waals surface area (Å²) in [6, 6.07) is 0.325. The van der Waals surface area contributed by atoms with Crippen LogP contribution in [0.25, 0.3) is 0 Å². The summed E-state index contributed by atoms with van der Waals surface area (Å²) in [7, 11) is 1.76. The van der Waals surface area contributed by atoms with Crippen molar-refractivity contribution in [1.82, 2.24) is 30.4 Å². The van der Waals surface area contributed by atoms with E-state index in [-0.39, 0.29) is 17.9 Å². The fourth-order valence-electron chi connectivity index (χ4n) is 3.46. The molecule has 2 aliphatic rings. The summed E-state index contributed by atoms with van der Waals surface area (Å²) in [6.07, 6.45) is 2.94. The van der Waals surface area contributed by atoms with E-state index in [0.29, 0.717) is 23.5 Å². The number of aliphatic hydroxyl groups is 1. The largest absolute Gasteiger partial charge is 0.396 e. The molecule has 2 fully saturated rings. The zero-order chi connectivity index (χ0) is 15.6. The lowest BCUT2D eigenvalue weighted by molar-refractivity contribution is -0.134. The Hall–Kier alpha value is -1.19. The minimum Gasteiger partial charge on any atom is -0.396 e. The average Bonchev–Trinajstić information content (AvgIpc) is 2.97. The maximum atomic E-state index is 12.5. The first-order chi connectivity index (χ1) is 10.6. The Labute approximate surface area is 133 Å². The Morgan fingerprint density at radius 3 is 3.18 bits per heavy atom. The quantitative estimate of drug-likeness (QED) is 0.704. The monoisotopic (exact) mass is 326 g/mol. The van der Waals surface area contributed by atoms with Crippen LogP contribution in [0.3, 0.4) is 0 Å². The van der Waals surface area contributed by atoms with Crippen molar-refractivity contribution in [2.45, 2.75) is 30.5 Å². The average molecular weight is 326 g/mol. The molecule has 0 radical (unpaired) electrons. The number of likely N-dealkylation sites (tertiary alicyclic amines) is 1. The van der Waals surface area contributed by atoms with Crippen molar-refractivity contribution < 1.29 is 9.90 Å². The Bertz CT molecular complexity index is 538. The number of nitrogens with zero attached hydrogens (tertiary/aromatic N) is 5. The van der Waals surface area contributed by atoms with Crippen molar-refractivity contribution in [1.29, 1.82) is 0 Å². The van der Waals surface area contributed by atoms with Gasteiger partial charge in [-0.1, -0.05) is 11.8 Å². The van der Waals surface area contributed by atoms with Gasteiger partial charge in [-0.05, 0) is 36.2 Å². The third kappa shape index (κ3) is 2.97. The van der Waals surface area contributed by atoms with Gasteiger partial charge in [0.25, 0.3) is 0 Å². The molecule has 0 unspecified atom stereocenters. The van der Waals surface area contributed by atoms with Crippen LogP contribution < -0.4 is 5.32 Å². The van der Waals surface area contributed by atoms with Gasteiger partial charge < -0.3 is 15.3 Å². The van der Waals surface area contributed by atoms with Crippen LogP contribution in [0.1, 0.15) is 19.3 Å². The molecule has 3 rings (SSSR count). The molecule has 1 aromatic rings. The fraction of sp³-hybridized carbons (Fsp3) is 0.846. The summed E-state index contributed by atoms with van der Waals surface area (Å²) in [4.78, 5) is 14.3. The number of piperidine rings is 2. The first-order valence-electron chi connectivity index (χ1n) is 7.62. The van der Waals surface area contributed by atoms with E-state index in [1.807, 2.05) is 4.90 Å². The molecule has 2 saturated heterocycles. The van der Waals surface area contributed by atoms with Gasteiger partial charge in [0.1, 0.15) is 0 Å². The second kappa shape index (κ2) is 6.51. The number of aromatic nitrogens is 4. The molecular weight excluding hydrogens is 304 g/mol. The molecule has 0 spiro atoms. The van der Waals surface area contributed by atoms with Gasteiger partial charge >= 0.3 is 0 Å². The minimum atomic E-state index is -0.177. The van der Waals surface area contributed by atoms with Crippen LogP contribution in [0.2, 0.25) is 0 Å². The van der Waals surface area contributed by atoms with E-state index in [4.69, 9.17) is 0 Å². The zero-order valence-electron chi connectivity index (χ0n) is 12.7. The van der Waals surface area contributed by atoms with E-state index in [9.17, 15) is 9.90 Å². The normalized spacial score (nSPS) is 28.5. The van der Waals surface area contributed by atoms with Crippen LogP contribution in [-0.4, -0.2) is 74.2 Å². The number of aliphatic hydroxyl groups excluding tert-OH is 1. The summed E-state index contributed by atoms with van der Waals surface area (Å²) in [5.74, 6) is 0.415. The van der Waals surface area contributed by atoms with Crippen molar-refractivity contribution in [3.63, 3.8) is 0 Å². The summed E-state index contributed by atoms with van der Waals surface area (Å²) < 4.78 is 1.56. The molecule has 122 valence electrons. The van der Waals surface area contributed by atoms with Gasteiger partial charge in [-0.15, -0.1) is 5.10 Å². The molecule has 0 bridgehead atoms. The maximum Gasteiger partial charge on any atom is 0.233 e. The van der Waals surface area contributed by atoms with Crippen molar-refractivity contribution >= 4 is 17.7 Å². The van der Waals surface area contributed by atoms with Gasteiger partial charge in [-0.25, -0.2) is 4.68 Å². The van der Waals surface area contributed by atoms with Crippen LogP contribution in [0.5, 0.6) is 0 Å². The summed E-state index contributed by atoms with van der Waals surface area (Å²) in [5.41, 5.74) is -0.177. The van der Waals surface area contributed by atoms with Gasteiger partial charge in [-0.3, -0.25) is 4.79 Å². The highest BCUT2D eigenvalue weighted by Gasteiger charge is 2.45. The fourth-order valence-corrected chi connectivity index (χ4v) is 4.22. The molecule has 3 heterocycles. The number of hydrogen-bond donors (Lipinski definition) is 2. The molecule has 0 aliphatic carbocycles. The van der Waals surface area contributed by atoms with Crippen LogP contribution in [-0.2, 0) is 11.8 Å². The van der Waals surface area contributed by atoms with E-state index in [1.54, 1.807) is 11.7 Å². The van der Waals surface area contributed by atoms with E-state index in [1.165, 1.54) is 11.8 Å². The standard InChI is InChI=1S/C13H22N6O2S/c1-18-12(15-16-17-18)22-7-11(21)19-6-3-10-13(8-19,9-20)4-2-5-14-10/h10,14,20H,2-9H2,1H3/t10-,13-/m0/s1. The van der Waals surface area contributed by atoms with Gasteiger partial charge in [0, 0.05) is 31.6 Å². The zero-order valence-corrected chi connectivity index (χ0v) is 13.6. The SMILES string of the molecule is Cn1nnnc1SCC(=O)N1CC[C@@H]2NCCC[C@@]2(CO)C1. The number of thioether (sulfide) groups is 1. The van der Waals surface area contributed by atoms with Crippen LogP contribution in [0.15, 0.2) is 5.16 Å². The van der Waals surface area contributed by atoms with Crippen molar-refractivity contribution in [2.75, 3.05) is 32.0 Å². The number of hydrogen-bond acceptors (Lipinski definition) is 7. The highest BCUT2D eigenvalue weighted by Crippen LogP contribution is 2.37. The summed E-state index contributed by atoms with van der Waals surface area (Å²) in [6.45, 7) is 2.53. The first kappa shape index (κ1) is 15.7. The predicted octanol–water partition coefficient (Wildman–Crippen LogP) is -0.735. The minimum absolute atomic E-state index is 0.0878. The van der Waals surface area contributed by atoms with Crippen LogP contribution >= 0.6 is 11.8 Å². The smallest absolute Gasteiger partial charge is 0.233 e. The molecule has 1 amide bonds. The predicted molar refractivity (Wildman–Crippen MR) is 81.3 cm³/mol. The molecular formula is C13H22N6O2S. The Balaban J connectivity index is 1.60. The number of rotatable bonds is 4. The number of amides is 1. The topological polar surface area (TPSA) is 96.2 Å². The molecule has 1 aromatic heterocycles. The number of carbonyl (C=O) groups excluding carboxylic acids is 1. The highest BCUT2D eigenvalue weighted by molar-refractivity contribution is 7.99. The molecule has 22 heavy (non-hydrogen) atoms. The van der Waals surface area contributed by atoms with Crippen molar-refractivity contribution in [2.24, 2.45) is 12.5 Å². The number of aryl methyl sites for hydroxylation is 1. The highest BCUT2D eigenvalue weighted by atomic mass is 32.2. The second-order valence-electron chi connectivity index (χ2n) is 6.11. The van der Waals surface area contributed by atoms with Gasteiger partial charge in [0.2, 0.25) is 11.1 Å². The molecule has 8 nitrogen and oxygen atoms in total. The summed E-state index contributed by atoms with van der Waals surface area (Å²) >= 11 is 1.35. The van der Waals surface area contributed by atoms with Crippen molar-refractivity contribution in [3.05, 3.63) is 0 Å². The van der Waals surface area contributed by atoms with E-state index >= 15 is 0 Å². The van der Waals surface area contributed by atoms with Gasteiger partial charge in [0.05, 0.1) is 12.4 Å². The van der Waals surface area contributed by atoms with E-state index < -0.39 is 0 Å².